The summed E-state index contributed by atoms with van der Waals surface area (Å²) in [5, 5.41) is 12.6. The number of carbonyl (C=O) groups excluding carboxylic acids is 1. The van der Waals surface area contributed by atoms with Crippen LogP contribution in [0.1, 0.15) is 5.76 Å². The Morgan fingerprint density at radius 2 is 1.63 bits per heavy atom. The number of hydrogen-bond donors (Lipinski definition) is 2. The molecule has 0 saturated carbocycles. The van der Waals surface area contributed by atoms with Gasteiger partial charge in [-0.2, -0.15) is 0 Å². The average Bonchev–Trinajstić information content (AvgIpc) is 3.03. The van der Waals surface area contributed by atoms with E-state index in [4.69, 9.17) is 9.63 Å². The van der Waals surface area contributed by atoms with Crippen LogP contribution in [0.5, 0.6) is 0 Å². The van der Waals surface area contributed by atoms with Crippen LogP contribution in [0.4, 0.5) is 0 Å². The van der Waals surface area contributed by atoms with Crippen LogP contribution < -0.4 is 4.72 Å². The number of nitrogens with one attached hydrogen (secondary N) is 1. The van der Waals surface area contributed by atoms with E-state index in [0.29, 0.717) is 22.6 Å². The SMILES string of the molecule is Cc1onc(-c2ccccc2)c1-c1ccc(S(=O)(=O)NC(=O)C(=O)O)cc1. The molecule has 0 aliphatic heterocycles. The summed E-state index contributed by atoms with van der Waals surface area (Å²) in [6.07, 6.45) is 0. The maximum atomic E-state index is 12.1. The van der Waals surface area contributed by atoms with Crippen molar-refractivity contribution >= 4 is 21.9 Å². The molecule has 0 saturated heterocycles. The number of benzene rings is 2. The highest BCUT2D eigenvalue weighted by Gasteiger charge is 2.23. The molecule has 1 amide bonds. The lowest BCUT2D eigenvalue weighted by molar-refractivity contribution is -0.149. The molecule has 27 heavy (non-hydrogen) atoms. The van der Waals surface area contributed by atoms with Crippen molar-refractivity contribution in [1.29, 1.82) is 0 Å². The van der Waals surface area contributed by atoms with Crippen molar-refractivity contribution < 1.29 is 27.6 Å². The van der Waals surface area contributed by atoms with Gasteiger partial charge in [0.25, 0.3) is 10.0 Å². The number of rotatable bonds is 4. The zero-order chi connectivity index (χ0) is 19.6. The number of aromatic nitrogens is 1. The van der Waals surface area contributed by atoms with Gasteiger partial charge in [0.05, 0.1) is 10.5 Å². The Kier molecular flexibility index (Phi) is 4.78. The smallest absolute Gasteiger partial charge is 0.395 e. The van der Waals surface area contributed by atoms with Crippen molar-refractivity contribution in [3.8, 4) is 22.4 Å². The van der Waals surface area contributed by atoms with Gasteiger partial charge in [-0.1, -0.05) is 47.6 Å². The van der Waals surface area contributed by atoms with Crippen molar-refractivity contribution in [2.24, 2.45) is 0 Å². The topological polar surface area (TPSA) is 127 Å². The quantitative estimate of drug-likeness (QED) is 0.658. The van der Waals surface area contributed by atoms with Gasteiger partial charge < -0.3 is 9.63 Å². The van der Waals surface area contributed by atoms with Gasteiger partial charge in [-0.15, -0.1) is 0 Å². The predicted molar refractivity (Wildman–Crippen MR) is 95.1 cm³/mol. The Labute approximate surface area is 154 Å². The summed E-state index contributed by atoms with van der Waals surface area (Å²) in [4.78, 5) is 21.4. The van der Waals surface area contributed by atoms with E-state index in [1.54, 1.807) is 6.92 Å². The molecule has 2 aromatic carbocycles. The molecule has 0 atom stereocenters. The third-order valence-corrected chi connectivity index (χ3v) is 5.13. The predicted octanol–water partition coefficient (Wildman–Crippen LogP) is 2.21. The molecule has 138 valence electrons. The fraction of sp³-hybridized carbons (Fsp3) is 0.0556. The highest BCUT2D eigenvalue weighted by atomic mass is 32.2. The number of carbonyl (C=O) groups is 2. The first-order valence-corrected chi connectivity index (χ1v) is 9.20. The maximum Gasteiger partial charge on any atom is 0.395 e. The molecule has 0 bridgehead atoms. The Morgan fingerprint density at radius 1 is 1.00 bits per heavy atom. The number of amides is 1. The van der Waals surface area contributed by atoms with Crippen LogP contribution in [0, 0.1) is 6.92 Å². The minimum atomic E-state index is -4.28. The molecule has 9 heteroatoms. The third-order valence-electron chi connectivity index (χ3n) is 3.78. The molecule has 1 heterocycles. The molecule has 0 spiro atoms. The molecule has 0 aliphatic carbocycles. The molecule has 2 N–H and O–H groups in total. The summed E-state index contributed by atoms with van der Waals surface area (Å²) in [6.45, 7) is 1.74. The van der Waals surface area contributed by atoms with Crippen LogP contribution in [-0.2, 0) is 19.6 Å². The van der Waals surface area contributed by atoms with Crippen molar-refractivity contribution in [3.05, 3.63) is 60.4 Å². The molecule has 0 fully saturated rings. The van der Waals surface area contributed by atoms with E-state index in [0.717, 1.165) is 5.56 Å². The number of carboxylic acids is 1. The maximum absolute atomic E-state index is 12.1. The number of carboxylic acid groups (broad SMARTS) is 1. The van der Waals surface area contributed by atoms with Crippen LogP contribution in [0.2, 0.25) is 0 Å². The highest BCUT2D eigenvalue weighted by Crippen LogP contribution is 2.34. The van der Waals surface area contributed by atoms with Crippen molar-refractivity contribution in [3.63, 3.8) is 0 Å². The van der Waals surface area contributed by atoms with E-state index < -0.39 is 21.9 Å². The molecular formula is C18H14N2O6S. The minimum Gasteiger partial charge on any atom is -0.474 e. The largest absolute Gasteiger partial charge is 0.474 e. The Bertz CT molecular complexity index is 1100. The summed E-state index contributed by atoms with van der Waals surface area (Å²) < 4.78 is 30.9. The Morgan fingerprint density at radius 3 is 2.22 bits per heavy atom. The number of hydrogen-bond acceptors (Lipinski definition) is 6. The molecule has 1 aromatic heterocycles. The van der Waals surface area contributed by atoms with Crippen LogP contribution in [0.3, 0.4) is 0 Å². The Balaban J connectivity index is 1.97. The first-order valence-electron chi connectivity index (χ1n) is 7.72. The molecular weight excluding hydrogens is 372 g/mol. The van der Waals surface area contributed by atoms with Gasteiger partial charge in [0, 0.05) is 5.56 Å². The summed E-state index contributed by atoms with van der Waals surface area (Å²) >= 11 is 0. The first-order chi connectivity index (χ1) is 12.8. The van der Waals surface area contributed by atoms with Crippen molar-refractivity contribution in [1.82, 2.24) is 9.88 Å². The van der Waals surface area contributed by atoms with Gasteiger partial charge in [0.15, 0.2) is 0 Å². The number of sulfonamides is 1. The first kappa shape index (κ1) is 18.3. The number of nitrogens with zero attached hydrogens (tertiary/aromatic N) is 1. The van der Waals surface area contributed by atoms with E-state index in [1.807, 2.05) is 30.3 Å². The molecule has 3 aromatic rings. The minimum absolute atomic E-state index is 0.240. The van der Waals surface area contributed by atoms with Crippen molar-refractivity contribution in [2.75, 3.05) is 0 Å². The van der Waals surface area contributed by atoms with Crippen LogP contribution in [-0.4, -0.2) is 30.6 Å². The van der Waals surface area contributed by atoms with E-state index in [1.165, 1.54) is 29.0 Å². The van der Waals surface area contributed by atoms with Gasteiger partial charge in [0.2, 0.25) is 0 Å². The van der Waals surface area contributed by atoms with Crippen LogP contribution >= 0.6 is 0 Å². The molecule has 0 unspecified atom stereocenters. The van der Waals surface area contributed by atoms with E-state index >= 15 is 0 Å². The van der Waals surface area contributed by atoms with E-state index in [2.05, 4.69) is 5.16 Å². The lowest BCUT2D eigenvalue weighted by Crippen LogP contribution is -2.35. The molecule has 3 rings (SSSR count). The van der Waals surface area contributed by atoms with Crippen LogP contribution in [0.25, 0.3) is 22.4 Å². The van der Waals surface area contributed by atoms with Gasteiger partial charge >= 0.3 is 11.9 Å². The lowest BCUT2D eigenvalue weighted by atomic mass is 10.00. The van der Waals surface area contributed by atoms with E-state index in [9.17, 15) is 18.0 Å². The second-order valence-corrected chi connectivity index (χ2v) is 7.27. The lowest BCUT2D eigenvalue weighted by Gasteiger charge is -2.07. The van der Waals surface area contributed by atoms with Crippen LogP contribution in [0.15, 0.2) is 64.0 Å². The molecule has 0 aliphatic rings. The van der Waals surface area contributed by atoms with Gasteiger partial charge in [-0.3, -0.25) is 4.79 Å². The second-order valence-electron chi connectivity index (χ2n) is 5.59. The van der Waals surface area contributed by atoms with Crippen molar-refractivity contribution in [2.45, 2.75) is 11.8 Å². The average molecular weight is 386 g/mol. The van der Waals surface area contributed by atoms with Gasteiger partial charge in [-0.25, -0.2) is 17.9 Å². The highest BCUT2D eigenvalue weighted by molar-refractivity contribution is 7.90. The normalized spacial score (nSPS) is 11.1. The summed E-state index contributed by atoms with van der Waals surface area (Å²) in [7, 11) is -4.28. The van der Waals surface area contributed by atoms with E-state index in [-0.39, 0.29) is 4.90 Å². The standard InChI is InChI=1S/C18H14N2O6S/c1-11-15(16(19-26-11)13-5-3-2-4-6-13)12-7-9-14(10-8-12)27(24,25)20-17(21)18(22)23/h2-10H,1H3,(H,20,21)(H,22,23). The summed E-state index contributed by atoms with van der Waals surface area (Å²) in [5.41, 5.74) is 2.83. The fourth-order valence-electron chi connectivity index (χ4n) is 2.53. The van der Waals surface area contributed by atoms with Gasteiger partial charge in [-0.05, 0) is 24.6 Å². The summed E-state index contributed by atoms with van der Waals surface area (Å²) in [6, 6.07) is 15.0. The molecule has 8 nitrogen and oxygen atoms in total. The number of aryl methyl sites for hydroxylation is 1. The second kappa shape index (κ2) is 7.04. The fourth-order valence-corrected chi connectivity index (χ4v) is 3.47. The number of aliphatic carboxylic acids is 1. The third kappa shape index (κ3) is 3.72. The Hall–Kier alpha value is -3.46. The monoisotopic (exact) mass is 386 g/mol. The summed E-state index contributed by atoms with van der Waals surface area (Å²) in [5.74, 6) is -2.95. The van der Waals surface area contributed by atoms with Gasteiger partial charge in [0.1, 0.15) is 11.5 Å². The zero-order valence-electron chi connectivity index (χ0n) is 14.0. The molecule has 0 radical (unpaired) electrons. The zero-order valence-corrected chi connectivity index (χ0v) is 14.9.